The second kappa shape index (κ2) is 4.33. The van der Waals surface area contributed by atoms with Crippen molar-refractivity contribution in [1.82, 2.24) is 0 Å². The number of hydrogen-bond acceptors (Lipinski definition) is 4. The van der Waals surface area contributed by atoms with Crippen molar-refractivity contribution < 1.29 is 19.3 Å². The van der Waals surface area contributed by atoms with Gasteiger partial charge in [-0.15, -0.1) is 0 Å². The Hall–Kier alpha value is -1.46. The molecule has 94 valence electrons. The van der Waals surface area contributed by atoms with Gasteiger partial charge in [0.25, 0.3) is 0 Å². The third-order valence-corrected chi connectivity index (χ3v) is 3.32. The fourth-order valence-corrected chi connectivity index (χ4v) is 2.36. The predicted octanol–water partition coefficient (Wildman–Crippen LogP) is 0.562. The van der Waals surface area contributed by atoms with Crippen LogP contribution in [0.5, 0.6) is 0 Å². The van der Waals surface area contributed by atoms with Gasteiger partial charge in [0.1, 0.15) is 11.9 Å². The van der Waals surface area contributed by atoms with E-state index < -0.39 is 11.9 Å². The Bertz CT molecular complexity index is 491. The number of rotatable bonds is 0. The van der Waals surface area contributed by atoms with Gasteiger partial charge in [-0.3, -0.25) is 0 Å². The highest BCUT2D eigenvalue weighted by atomic mass is 16.8. The summed E-state index contributed by atoms with van der Waals surface area (Å²) in [5.74, 6) is 10.9. The molecule has 1 spiro atoms. The SMILES string of the molecule is CC#CC#C/C=C1/O[C@@]2(CC[C@H](O)CO2)[C@@H]2O[C@H]12. The van der Waals surface area contributed by atoms with E-state index >= 15 is 0 Å². The zero-order valence-corrected chi connectivity index (χ0v) is 10.1. The van der Waals surface area contributed by atoms with Gasteiger partial charge in [0.2, 0.25) is 5.79 Å². The molecule has 3 fully saturated rings. The van der Waals surface area contributed by atoms with E-state index in [2.05, 4.69) is 23.7 Å². The van der Waals surface area contributed by atoms with E-state index in [1.165, 1.54) is 0 Å². The summed E-state index contributed by atoms with van der Waals surface area (Å²) in [6, 6.07) is 0. The lowest BCUT2D eigenvalue weighted by Crippen LogP contribution is -2.45. The zero-order chi connectivity index (χ0) is 12.6. The first kappa shape index (κ1) is 11.6. The molecule has 0 amide bonds. The number of aliphatic hydroxyl groups is 1. The van der Waals surface area contributed by atoms with Gasteiger partial charge in [-0.2, -0.15) is 0 Å². The lowest BCUT2D eigenvalue weighted by atomic mass is 10.0. The number of epoxide rings is 1. The molecule has 0 aromatic heterocycles. The van der Waals surface area contributed by atoms with Gasteiger partial charge in [0, 0.05) is 12.5 Å². The number of aliphatic hydroxyl groups excluding tert-OH is 1. The minimum absolute atomic E-state index is 0.0378. The van der Waals surface area contributed by atoms with Crippen LogP contribution in [-0.4, -0.2) is 35.8 Å². The van der Waals surface area contributed by atoms with Gasteiger partial charge in [-0.1, -0.05) is 11.8 Å². The van der Waals surface area contributed by atoms with Crippen LogP contribution in [0.15, 0.2) is 11.8 Å². The van der Waals surface area contributed by atoms with Gasteiger partial charge in [0.15, 0.2) is 6.10 Å². The van der Waals surface area contributed by atoms with Crippen LogP contribution in [0.2, 0.25) is 0 Å². The average molecular weight is 246 g/mol. The maximum Gasteiger partial charge on any atom is 0.239 e. The first-order valence-corrected chi connectivity index (χ1v) is 6.04. The first-order valence-electron chi connectivity index (χ1n) is 6.04. The van der Waals surface area contributed by atoms with Crippen LogP contribution in [-0.2, 0) is 14.2 Å². The van der Waals surface area contributed by atoms with Crippen LogP contribution >= 0.6 is 0 Å². The molecule has 3 rings (SSSR count). The third kappa shape index (κ3) is 1.89. The highest BCUT2D eigenvalue weighted by Crippen LogP contribution is 2.52. The second-order valence-corrected chi connectivity index (χ2v) is 4.59. The molecule has 4 nitrogen and oxygen atoms in total. The molecule has 0 saturated carbocycles. The van der Waals surface area contributed by atoms with Crippen LogP contribution in [0.1, 0.15) is 19.8 Å². The van der Waals surface area contributed by atoms with Gasteiger partial charge in [-0.25, -0.2) is 0 Å². The second-order valence-electron chi connectivity index (χ2n) is 4.59. The number of ether oxygens (including phenoxy) is 3. The summed E-state index contributed by atoms with van der Waals surface area (Å²) in [7, 11) is 0. The van der Waals surface area contributed by atoms with Gasteiger partial charge < -0.3 is 19.3 Å². The summed E-state index contributed by atoms with van der Waals surface area (Å²) in [6.07, 6.45) is 2.53. The molecule has 3 heterocycles. The Kier molecular flexibility index (Phi) is 2.80. The summed E-state index contributed by atoms with van der Waals surface area (Å²) in [5.41, 5.74) is 0. The topological polar surface area (TPSA) is 51.2 Å². The number of allylic oxidation sites excluding steroid dienone is 1. The van der Waals surface area contributed by atoms with Crippen LogP contribution in [0, 0.1) is 23.7 Å². The smallest absolute Gasteiger partial charge is 0.239 e. The van der Waals surface area contributed by atoms with E-state index in [1.807, 2.05) is 0 Å². The largest absolute Gasteiger partial charge is 0.460 e. The lowest BCUT2D eigenvalue weighted by Gasteiger charge is -2.35. The summed E-state index contributed by atoms with van der Waals surface area (Å²) in [6.45, 7) is 2.04. The van der Waals surface area contributed by atoms with Crippen molar-refractivity contribution in [2.75, 3.05) is 6.61 Å². The Morgan fingerprint density at radius 1 is 1.44 bits per heavy atom. The molecule has 3 aliphatic heterocycles. The van der Waals surface area contributed by atoms with Crippen molar-refractivity contribution in [2.45, 2.75) is 43.9 Å². The molecule has 0 bridgehead atoms. The Morgan fingerprint density at radius 3 is 3.06 bits per heavy atom. The van der Waals surface area contributed by atoms with Crippen LogP contribution < -0.4 is 0 Å². The summed E-state index contributed by atoms with van der Waals surface area (Å²) < 4.78 is 17.0. The van der Waals surface area contributed by atoms with E-state index in [4.69, 9.17) is 14.2 Å². The molecule has 0 unspecified atom stereocenters. The summed E-state index contributed by atoms with van der Waals surface area (Å²) >= 11 is 0. The van der Waals surface area contributed by atoms with Crippen molar-refractivity contribution >= 4 is 0 Å². The quantitative estimate of drug-likeness (QED) is 0.501. The van der Waals surface area contributed by atoms with Crippen LogP contribution in [0.3, 0.4) is 0 Å². The molecule has 3 saturated heterocycles. The zero-order valence-electron chi connectivity index (χ0n) is 10.1. The molecule has 0 aromatic carbocycles. The molecular formula is C14H14O4. The Labute approximate surface area is 106 Å². The van der Waals surface area contributed by atoms with Crippen LogP contribution in [0.25, 0.3) is 0 Å². The molecule has 3 aliphatic rings. The minimum Gasteiger partial charge on any atom is -0.460 e. The van der Waals surface area contributed by atoms with Crippen molar-refractivity contribution in [3.63, 3.8) is 0 Å². The molecule has 0 aliphatic carbocycles. The number of hydrogen-bond donors (Lipinski definition) is 1. The monoisotopic (exact) mass is 246 g/mol. The van der Waals surface area contributed by atoms with Gasteiger partial charge >= 0.3 is 0 Å². The maximum absolute atomic E-state index is 9.45. The number of fused-ring (bicyclic) bond motifs is 2. The molecule has 4 heteroatoms. The fourth-order valence-electron chi connectivity index (χ4n) is 2.36. The van der Waals surface area contributed by atoms with E-state index in [-0.39, 0.29) is 12.2 Å². The van der Waals surface area contributed by atoms with Gasteiger partial charge in [-0.05, 0) is 25.2 Å². The Balaban J connectivity index is 1.72. The lowest BCUT2D eigenvalue weighted by molar-refractivity contribution is -0.257. The van der Waals surface area contributed by atoms with E-state index in [9.17, 15) is 5.11 Å². The predicted molar refractivity (Wildman–Crippen MR) is 63.0 cm³/mol. The molecule has 0 radical (unpaired) electrons. The fraction of sp³-hybridized carbons (Fsp3) is 0.571. The van der Waals surface area contributed by atoms with Crippen molar-refractivity contribution in [3.05, 3.63) is 11.8 Å². The maximum atomic E-state index is 9.45. The molecule has 4 atom stereocenters. The molecule has 0 aromatic rings. The van der Waals surface area contributed by atoms with Crippen molar-refractivity contribution in [1.29, 1.82) is 0 Å². The van der Waals surface area contributed by atoms with E-state index in [0.717, 1.165) is 0 Å². The average Bonchev–Trinajstić information content (AvgIpc) is 3.12. The van der Waals surface area contributed by atoms with Crippen LogP contribution in [0.4, 0.5) is 0 Å². The van der Waals surface area contributed by atoms with Gasteiger partial charge in [0.05, 0.1) is 12.7 Å². The third-order valence-electron chi connectivity index (χ3n) is 3.32. The highest BCUT2D eigenvalue weighted by Gasteiger charge is 2.67. The molecule has 18 heavy (non-hydrogen) atoms. The minimum atomic E-state index is -0.701. The van der Waals surface area contributed by atoms with Crippen molar-refractivity contribution in [2.24, 2.45) is 0 Å². The summed E-state index contributed by atoms with van der Waals surface area (Å²) in [4.78, 5) is 0. The van der Waals surface area contributed by atoms with Crippen molar-refractivity contribution in [3.8, 4) is 23.7 Å². The first-order chi connectivity index (χ1) is 8.75. The highest BCUT2D eigenvalue weighted by molar-refractivity contribution is 5.34. The molecule has 1 N–H and O–H groups in total. The normalized spacial score (nSPS) is 42.3. The summed E-state index contributed by atoms with van der Waals surface area (Å²) in [5, 5.41) is 9.45. The molecular weight excluding hydrogens is 232 g/mol. The van der Waals surface area contributed by atoms with E-state index in [0.29, 0.717) is 25.2 Å². The Morgan fingerprint density at radius 2 is 2.33 bits per heavy atom. The van der Waals surface area contributed by atoms with E-state index in [1.54, 1.807) is 13.0 Å². The standard InChI is InChI=1S/C14H14O4/c1-2-3-4-5-6-11-12-13(17-12)14(18-11)8-7-10(15)9-16-14/h6,10,12-13,15H,7-9H2,1H3/b11-6+/t10-,12+,13+,14-/m0/s1.